The summed E-state index contributed by atoms with van der Waals surface area (Å²) in [5, 5.41) is 9.89. The highest BCUT2D eigenvalue weighted by Crippen LogP contribution is 2.10. The normalized spacial score (nSPS) is 12.3. The van der Waals surface area contributed by atoms with Gasteiger partial charge in [0.2, 0.25) is 0 Å². The van der Waals surface area contributed by atoms with Crippen molar-refractivity contribution in [1.82, 2.24) is 4.90 Å². The summed E-state index contributed by atoms with van der Waals surface area (Å²) >= 11 is 0. The fourth-order valence-electron chi connectivity index (χ4n) is 2.02. The van der Waals surface area contributed by atoms with Crippen LogP contribution in [0, 0.1) is 18.2 Å². The SMILES string of the molecule is C#CCOCC(O)CN(CCC)Cc1ccccc1F. The topological polar surface area (TPSA) is 32.7 Å². The summed E-state index contributed by atoms with van der Waals surface area (Å²) in [6.07, 6.45) is 5.39. The molecule has 0 aromatic heterocycles. The Balaban J connectivity index is 2.52. The second kappa shape index (κ2) is 9.49. The van der Waals surface area contributed by atoms with E-state index in [0.29, 0.717) is 18.7 Å². The zero-order chi connectivity index (χ0) is 14.8. The zero-order valence-electron chi connectivity index (χ0n) is 11.9. The van der Waals surface area contributed by atoms with Gasteiger partial charge in [0, 0.05) is 18.7 Å². The number of ether oxygens (including phenoxy) is 1. The maximum atomic E-state index is 13.6. The van der Waals surface area contributed by atoms with Crippen molar-refractivity contribution in [2.45, 2.75) is 26.0 Å². The smallest absolute Gasteiger partial charge is 0.127 e. The number of benzene rings is 1. The Morgan fingerprint density at radius 2 is 2.20 bits per heavy atom. The van der Waals surface area contributed by atoms with Crippen LogP contribution < -0.4 is 0 Å². The van der Waals surface area contributed by atoms with Crippen molar-refractivity contribution >= 4 is 0 Å². The fourth-order valence-corrected chi connectivity index (χ4v) is 2.02. The molecule has 0 heterocycles. The summed E-state index contributed by atoms with van der Waals surface area (Å²) in [6.45, 7) is 4.15. The Bertz CT molecular complexity index is 431. The molecule has 0 aliphatic heterocycles. The van der Waals surface area contributed by atoms with Crippen LogP contribution in [0.15, 0.2) is 24.3 Å². The minimum atomic E-state index is -0.623. The van der Waals surface area contributed by atoms with Crippen LogP contribution in [0.1, 0.15) is 18.9 Å². The van der Waals surface area contributed by atoms with Gasteiger partial charge < -0.3 is 9.84 Å². The molecule has 0 saturated heterocycles. The molecule has 1 rings (SSSR count). The van der Waals surface area contributed by atoms with E-state index in [-0.39, 0.29) is 19.0 Å². The molecular weight excluding hydrogens is 257 g/mol. The van der Waals surface area contributed by atoms with Crippen molar-refractivity contribution in [2.75, 3.05) is 26.3 Å². The van der Waals surface area contributed by atoms with Crippen molar-refractivity contribution < 1.29 is 14.2 Å². The second-order valence-corrected chi connectivity index (χ2v) is 4.70. The van der Waals surface area contributed by atoms with Gasteiger partial charge in [-0.25, -0.2) is 4.39 Å². The van der Waals surface area contributed by atoms with Crippen molar-refractivity contribution in [1.29, 1.82) is 0 Å². The van der Waals surface area contributed by atoms with Crippen LogP contribution in [0.25, 0.3) is 0 Å². The lowest BCUT2D eigenvalue weighted by Gasteiger charge is -2.24. The predicted octanol–water partition coefficient (Wildman–Crippen LogP) is 2.05. The van der Waals surface area contributed by atoms with Crippen LogP contribution in [-0.2, 0) is 11.3 Å². The number of nitrogens with zero attached hydrogens (tertiary/aromatic N) is 1. The fraction of sp³-hybridized carbons (Fsp3) is 0.500. The lowest BCUT2D eigenvalue weighted by atomic mass is 10.2. The van der Waals surface area contributed by atoms with E-state index in [0.717, 1.165) is 13.0 Å². The minimum Gasteiger partial charge on any atom is -0.389 e. The molecule has 4 heteroatoms. The molecule has 0 aliphatic carbocycles. The number of rotatable bonds is 9. The van der Waals surface area contributed by atoms with Gasteiger partial charge in [0.15, 0.2) is 0 Å². The molecule has 1 aromatic carbocycles. The Hall–Kier alpha value is -1.41. The lowest BCUT2D eigenvalue weighted by molar-refractivity contribution is 0.0259. The molecule has 20 heavy (non-hydrogen) atoms. The lowest BCUT2D eigenvalue weighted by Crippen LogP contribution is -2.35. The van der Waals surface area contributed by atoms with E-state index in [2.05, 4.69) is 12.8 Å². The highest BCUT2D eigenvalue weighted by atomic mass is 19.1. The molecule has 0 amide bonds. The van der Waals surface area contributed by atoms with Gasteiger partial charge in [-0.1, -0.05) is 31.0 Å². The van der Waals surface area contributed by atoms with Gasteiger partial charge in [0.25, 0.3) is 0 Å². The molecule has 0 fully saturated rings. The molecular formula is C16H22FNO2. The highest BCUT2D eigenvalue weighted by Gasteiger charge is 2.13. The van der Waals surface area contributed by atoms with E-state index >= 15 is 0 Å². The summed E-state index contributed by atoms with van der Waals surface area (Å²) in [6, 6.07) is 6.70. The maximum Gasteiger partial charge on any atom is 0.127 e. The van der Waals surface area contributed by atoms with Crippen LogP contribution in [-0.4, -0.2) is 42.4 Å². The van der Waals surface area contributed by atoms with Crippen molar-refractivity contribution in [3.05, 3.63) is 35.6 Å². The van der Waals surface area contributed by atoms with Gasteiger partial charge in [-0.2, -0.15) is 0 Å². The average Bonchev–Trinajstić information content (AvgIpc) is 2.42. The van der Waals surface area contributed by atoms with Gasteiger partial charge in [0.05, 0.1) is 12.7 Å². The van der Waals surface area contributed by atoms with Gasteiger partial charge in [-0.3, -0.25) is 4.90 Å². The van der Waals surface area contributed by atoms with Crippen molar-refractivity contribution in [3.8, 4) is 12.3 Å². The molecule has 3 nitrogen and oxygen atoms in total. The average molecular weight is 279 g/mol. The molecule has 0 radical (unpaired) electrons. The van der Waals surface area contributed by atoms with E-state index in [9.17, 15) is 9.50 Å². The van der Waals surface area contributed by atoms with E-state index < -0.39 is 6.10 Å². The summed E-state index contributed by atoms with van der Waals surface area (Å²) in [4.78, 5) is 2.02. The molecule has 0 spiro atoms. The van der Waals surface area contributed by atoms with Gasteiger partial charge >= 0.3 is 0 Å². The third kappa shape index (κ3) is 6.16. The minimum absolute atomic E-state index is 0.193. The zero-order valence-corrected chi connectivity index (χ0v) is 11.9. The largest absolute Gasteiger partial charge is 0.389 e. The Labute approximate surface area is 120 Å². The number of halogens is 1. The number of aliphatic hydroxyl groups is 1. The standard InChI is InChI=1S/C16H22FNO2/c1-3-9-18(12-15(19)13-20-10-4-2)11-14-7-5-6-8-16(14)17/h2,5-8,15,19H,3,9-13H2,1H3. The summed E-state index contributed by atoms with van der Waals surface area (Å²) in [7, 11) is 0. The molecule has 1 aromatic rings. The van der Waals surface area contributed by atoms with Gasteiger partial charge in [-0.05, 0) is 19.0 Å². The predicted molar refractivity (Wildman–Crippen MR) is 77.6 cm³/mol. The summed E-state index contributed by atoms with van der Waals surface area (Å²) in [5.74, 6) is 2.14. The molecule has 0 bridgehead atoms. The van der Waals surface area contributed by atoms with E-state index in [1.807, 2.05) is 11.0 Å². The van der Waals surface area contributed by atoms with Crippen LogP contribution in [0.2, 0.25) is 0 Å². The van der Waals surface area contributed by atoms with Crippen molar-refractivity contribution in [3.63, 3.8) is 0 Å². The molecule has 1 unspecified atom stereocenters. The summed E-state index contributed by atoms with van der Waals surface area (Å²) in [5.41, 5.74) is 0.637. The third-order valence-electron chi connectivity index (χ3n) is 2.86. The second-order valence-electron chi connectivity index (χ2n) is 4.70. The number of hydrogen-bond acceptors (Lipinski definition) is 3. The molecule has 110 valence electrons. The Kier molecular flexibility index (Phi) is 7.89. The molecule has 0 saturated carbocycles. The third-order valence-corrected chi connectivity index (χ3v) is 2.86. The van der Waals surface area contributed by atoms with Crippen LogP contribution in [0.5, 0.6) is 0 Å². The number of hydrogen-bond donors (Lipinski definition) is 1. The Morgan fingerprint density at radius 3 is 2.85 bits per heavy atom. The first-order valence-electron chi connectivity index (χ1n) is 6.82. The van der Waals surface area contributed by atoms with Gasteiger partial charge in [0.1, 0.15) is 12.4 Å². The maximum absolute atomic E-state index is 13.6. The molecule has 0 aliphatic rings. The quantitative estimate of drug-likeness (QED) is 0.555. The van der Waals surface area contributed by atoms with Crippen LogP contribution >= 0.6 is 0 Å². The van der Waals surface area contributed by atoms with Crippen molar-refractivity contribution in [2.24, 2.45) is 0 Å². The van der Waals surface area contributed by atoms with Crippen LogP contribution in [0.3, 0.4) is 0 Å². The number of terminal acetylenes is 1. The van der Waals surface area contributed by atoms with Gasteiger partial charge in [-0.15, -0.1) is 6.42 Å². The first kappa shape index (κ1) is 16.6. The number of aliphatic hydroxyl groups excluding tert-OH is 1. The van der Waals surface area contributed by atoms with Crippen LogP contribution in [0.4, 0.5) is 4.39 Å². The molecule has 1 N–H and O–H groups in total. The Morgan fingerprint density at radius 1 is 1.45 bits per heavy atom. The summed E-state index contributed by atoms with van der Waals surface area (Å²) < 4.78 is 18.8. The van der Waals surface area contributed by atoms with E-state index in [1.54, 1.807) is 12.1 Å². The molecule has 1 atom stereocenters. The highest BCUT2D eigenvalue weighted by molar-refractivity contribution is 5.17. The first-order valence-corrected chi connectivity index (χ1v) is 6.82. The first-order chi connectivity index (χ1) is 9.67. The van der Waals surface area contributed by atoms with E-state index in [4.69, 9.17) is 11.2 Å². The monoisotopic (exact) mass is 279 g/mol. The van der Waals surface area contributed by atoms with E-state index in [1.165, 1.54) is 6.07 Å².